The predicted molar refractivity (Wildman–Crippen MR) is 253 cm³/mol. The van der Waals surface area contributed by atoms with Gasteiger partial charge in [-0.3, -0.25) is 15.0 Å². The van der Waals surface area contributed by atoms with E-state index in [1.165, 1.54) is 0 Å². The zero-order chi connectivity index (χ0) is 42.2. The SMILES string of the molecule is C(=Nc1cccc2ccccc12)c1ccc(Oc2nc(Oc3ccc(C=Nc4cccc5ccccc45)cc3)nc(Oc3ccc(C=Nc4cccc5ccccc45)cc3)n2)cc1. The van der Waals surface area contributed by atoms with Crippen LogP contribution in [-0.2, 0) is 0 Å². The predicted octanol–water partition coefficient (Wildman–Crippen LogP) is 14.0. The van der Waals surface area contributed by atoms with E-state index >= 15 is 0 Å². The Morgan fingerprint density at radius 1 is 0.286 bits per heavy atom. The lowest BCUT2D eigenvalue weighted by molar-refractivity contribution is 0.362. The van der Waals surface area contributed by atoms with Gasteiger partial charge in [0, 0.05) is 34.8 Å². The third-order valence-electron chi connectivity index (χ3n) is 10.2. The molecule has 0 aliphatic carbocycles. The van der Waals surface area contributed by atoms with E-state index in [1.807, 2.05) is 164 Å². The normalized spacial score (nSPS) is 11.6. The van der Waals surface area contributed by atoms with Crippen molar-refractivity contribution in [2.24, 2.45) is 15.0 Å². The molecule has 1 aromatic heterocycles. The Morgan fingerprint density at radius 3 is 0.857 bits per heavy atom. The highest BCUT2D eigenvalue weighted by Gasteiger charge is 2.14. The number of fused-ring (bicyclic) bond motifs is 3. The molecule has 9 nitrogen and oxygen atoms in total. The van der Waals surface area contributed by atoms with Crippen LogP contribution in [0.5, 0.6) is 35.3 Å². The molecule has 0 fully saturated rings. The minimum atomic E-state index is -0.00939. The highest BCUT2D eigenvalue weighted by molar-refractivity contribution is 5.97. The smallest absolute Gasteiger partial charge is 0.331 e. The van der Waals surface area contributed by atoms with E-state index < -0.39 is 0 Å². The number of ether oxygens (including phenoxy) is 3. The lowest BCUT2D eigenvalue weighted by Gasteiger charge is -2.10. The molecule has 0 spiro atoms. The van der Waals surface area contributed by atoms with Gasteiger partial charge in [0.05, 0.1) is 17.1 Å². The molecule has 10 aromatic rings. The monoisotopic (exact) mass is 816 g/mol. The van der Waals surface area contributed by atoms with Crippen LogP contribution in [0.15, 0.2) is 215 Å². The zero-order valence-electron chi connectivity index (χ0n) is 33.7. The van der Waals surface area contributed by atoms with Gasteiger partial charge < -0.3 is 14.2 Å². The van der Waals surface area contributed by atoms with Crippen molar-refractivity contribution in [2.45, 2.75) is 0 Å². The first-order chi connectivity index (χ1) is 31.1. The highest BCUT2D eigenvalue weighted by Crippen LogP contribution is 2.30. The number of rotatable bonds is 12. The van der Waals surface area contributed by atoms with Gasteiger partial charge in [0.1, 0.15) is 17.2 Å². The summed E-state index contributed by atoms with van der Waals surface area (Å²) in [6.45, 7) is 0. The average Bonchev–Trinajstić information content (AvgIpc) is 3.33. The van der Waals surface area contributed by atoms with Gasteiger partial charge in [-0.05, 0) is 124 Å². The molecular weight excluding hydrogens is 781 g/mol. The van der Waals surface area contributed by atoms with Crippen molar-refractivity contribution < 1.29 is 14.2 Å². The van der Waals surface area contributed by atoms with E-state index in [-0.39, 0.29) is 18.0 Å². The second-order valence-corrected chi connectivity index (χ2v) is 14.5. The van der Waals surface area contributed by atoms with Gasteiger partial charge in [0.2, 0.25) is 0 Å². The van der Waals surface area contributed by atoms with Crippen molar-refractivity contribution in [3.63, 3.8) is 0 Å². The van der Waals surface area contributed by atoms with Gasteiger partial charge in [-0.2, -0.15) is 0 Å². The summed E-state index contributed by atoms with van der Waals surface area (Å²) in [6, 6.07) is 65.2. The zero-order valence-corrected chi connectivity index (χ0v) is 33.7. The maximum absolute atomic E-state index is 6.16. The second-order valence-electron chi connectivity index (χ2n) is 14.5. The summed E-state index contributed by atoms with van der Waals surface area (Å²) >= 11 is 0. The summed E-state index contributed by atoms with van der Waals surface area (Å²) in [6.07, 6.45) is 5.48. The van der Waals surface area contributed by atoms with Crippen molar-refractivity contribution in [1.82, 2.24) is 15.0 Å². The minimum absolute atomic E-state index is 0.00939. The van der Waals surface area contributed by atoms with Crippen LogP contribution in [0, 0.1) is 0 Å². The number of aromatic nitrogens is 3. The second kappa shape index (κ2) is 17.8. The van der Waals surface area contributed by atoms with Gasteiger partial charge in [0.15, 0.2) is 0 Å². The maximum atomic E-state index is 6.16. The first-order valence-electron chi connectivity index (χ1n) is 20.3. The molecule has 300 valence electrons. The van der Waals surface area contributed by atoms with Gasteiger partial charge in [-0.1, -0.05) is 109 Å². The Hall–Kier alpha value is -8.82. The summed E-state index contributed by atoms with van der Waals surface area (Å²) in [5.41, 5.74) is 5.38. The van der Waals surface area contributed by atoms with Crippen molar-refractivity contribution in [2.75, 3.05) is 0 Å². The Labute approximate surface area is 363 Å². The Balaban J connectivity index is 0.879. The van der Waals surface area contributed by atoms with Gasteiger partial charge in [0.25, 0.3) is 0 Å². The van der Waals surface area contributed by atoms with Crippen LogP contribution < -0.4 is 14.2 Å². The molecule has 0 N–H and O–H groups in total. The molecular formula is C54H36N6O3. The van der Waals surface area contributed by atoms with Crippen LogP contribution in [0.3, 0.4) is 0 Å². The first-order valence-corrected chi connectivity index (χ1v) is 20.3. The summed E-state index contributed by atoms with van der Waals surface area (Å²) < 4.78 is 18.5. The molecule has 0 atom stereocenters. The van der Waals surface area contributed by atoms with E-state index in [0.717, 1.165) is 66.1 Å². The molecule has 1 heterocycles. The quantitative estimate of drug-likeness (QED) is 0.114. The van der Waals surface area contributed by atoms with E-state index in [0.29, 0.717) is 17.2 Å². The standard InChI is InChI=1S/C54H36N6O3/c1-4-16-46-40(10-1)13-7-19-49(46)55-34-37-22-28-43(29-23-37)61-52-58-53(62-44-30-24-38(25-31-44)35-56-50-20-8-14-41-11-2-5-17-47(41)50)60-54(59-52)63-45-32-26-39(27-33-45)36-57-51-21-9-15-42-12-3-6-18-48(42)51/h1-36H. The molecule has 0 bridgehead atoms. The number of benzene rings is 9. The number of hydrogen-bond acceptors (Lipinski definition) is 9. The van der Waals surface area contributed by atoms with E-state index in [9.17, 15) is 0 Å². The van der Waals surface area contributed by atoms with Crippen molar-refractivity contribution in [1.29, 1.82) is 0 Å². The topological polar surface area (TPSA) is 103 Å². The largest absolute Gasteiger partial charge is 0.424 e. The third kappa shape index (κ3) is 9.18. The van der Waals surface area contributed by atoms with Crippen LogP contribution in [0.2, 0.25) is 0 Å². The van der Waals surface area contributed by atoms with Gasteiger partial charge in [-0.25, -0.2) is 0 Å². The molecule has 0 unspecified atom stereocenters. The van der Waals surface area contributed by atoms with Crippen molar-refractivity contribution in [3.8, 4) is 35.3 Å². The van der Waals surface area contributed by atoms with Gasteiger partial charge >= 0.3 is 18.0 Å². The lowest BCUT2D eigenvalue weighted by atomic mass is 10.1. The van der Waals surface area contributed by atoms with Crippen LogP contribution in [0.25, 0.3) is 32.3 Å². The highest BCUT2D eigenvalue weighted by atomic mass is 16.5. The summed E-state index contributed by atoms with van der Waals surface area (Å²) in [7, 11) is 0. The number of aliphatic imine (C=N–C) groups is 3. The molecule has 63 heavy (non-hydrogen) atoms. The third-order valence-corrected chi connectivity index (χ3v) is 10.2. The number of nitrogens with zero attached hydrogens (tertiary/aromatic N) is 6. The lowest BCUT2D eigenvalue weighted by Crippen LogP contribution is -2.01. The fourth-order valence-electron chi connectivity index (χ4n) is 7.03. The first kappa shape index (κ1) is 38.4. The molecule has 0 aliphatic rings. The van der Waals surface area contributed by atoms with Gasteiger partial charge in [-0.15, -0.1) is 15.0 Å². The molecule has 0 saturated carbocycles. The average molecular weight is 817 g/mol. The molecule has 0 radical (unpaired) electrons. The van der Waals surface area contributed by atoms with Crippen LogP contribution in [0.1, 0.15) is 16.7 Å². The van der Waals surface area contributed by atoms with Crippen molar-refractivity contribution in [3.05, 3.63) is 217 Å². The van der Waals surface area contributed by atoms with Crippen LogP contribution in [0.4, 0.5) is 17.1 Å². The van der Waals surface area contributed by atoms with E-state index in [4.69, 9.17) is 29.2 Å². The van der Waals surface area contributed by atoms with Crippen LogP contribution in [-0.4, -0.2) is 33.6 Å². The Kier molecular flexibility index (Phi) is 10.8. The van der Waals surface area contributed by atoms with E-state index in [1.54, 1.807) is 0 Å². The number of hydrogen-bond donors (Lipinski definition) is 0. The van der Waals surface area contributed by atoms with E-state index in [2.05, 4.69) is 69.5 Å². The maximum Gasteiger partial charge on any atom is 0.331 e. The summed E-state index contributed by atoms with van der Waals surface area (Å²) in [4.78, 5) is 27.7. The fourth-order valence-corrected chi connectivity index (χ4v) is 7.03. The minimum Gasteiger partial charge on any atom is -0.424 e. The Morgan fingerprint density at radius 2 is 0.556 bits per heavy atom. The Bertz CT molecular complexity index is 2930. The molecule has 9 heteroatoms. The fraction of sp³-hybridized carbons (Fsp3) is 0. The van der Waals surface area contributed by atoms with Crippen molar-refractivity contribution >= 4 is 68.0 Å². The molecule has 0 amide bonds. The summed E-state index contributed by atoms with van der Waals surface area (Å²) in [5, 5.41) is 6.68. The molecule has 0 aliphatic heterocycles. The molecule has 10 rings (SSSR count). The van der Waals surface area contributed by atoms with Crippen LogP contribution >= 0.6 is 0 Å². The summed E-state index contributed by atoms with van der Waals surface area (Å²) in [5.74, 6) is 1.51. The molecule has 0 saturated heterocycles. The molecule has 9 aromatic carbocycles.